The van der Waals surface area contributed by atoms with Gasteiger partial charge in [0.05, 0.1) is 16.3 Å². The molecule has 2 rings (SSSR count). The van der Waals surface area contributed by atoms with Crippen molar-refractivity contribution < 1.29 is 29.7 Å². The van der Waals surface area contributed by atoms with E-state index in [1.54, 1.807) is 24.3 Å². The number of benzene rings is 2. The zero-order valence-corrected chi connectivity index (χ0v) is 15.0. The van der Waals surface area contributed by atoms with Crippen molar-refractivity contribution in [3.63, 3.8) is 0 Å². The van der Waals surface area contributed by atoms with Crippen molar-refractivity contribution in [2.75, 3.05) is 12.4 Å². The summed E-state index contributed by atoms with van der Waals surface area (Å²) in [6.45, 7) is 0.863. The van der Waals surface area contributed by atoms with E-state index in [9.17, 15) is 24.6 Å². The number of halogens is 1. The molecule has 0 spiro atoms. The maximum absolute atomic E-state index is 11.4. The fraction of sp³-hybridized carbons (Fsp3) is 0.167. The van der Waals surface area contributed by atoms with Crippen molar-refractivity contribution in [1.82, 2.24) is 4.90 Å². The first-order valence-electron chi connectivity index (χ1n) is 7.74. The number of carboxylic acids is 2. The highest BCUT2D eigenvalue weighted by Gasteiger charge is 2.17. The lowest BCUT2D eigenvalue weighted by Crippen LogP contribution is -2.23. The van der Waals surface area contributed by atoms with Gasteiger partial charge in [-0.25, -0.2) is 9.59 Å². The summed E-state index contributed by atoms with van der Waals surface area (Å²) in [5.41, 5.74) is 1.17. The predicted octanol–water partition coefficient (Wildman–Crippen LogP) is 2.40. The van der Waals surface area contributed by atoms with Crippen LogP contribution in [-0.2, 0) is 22.7 Å². The summed E-state index contributed by atoms with van der Waals surface area (Å²) < 4.78 is 0. The van der Waals surface area contributed by atoms with Crippen LogP contribution in [0.1, 0.15) is 21.5 Å². The zero-order valence-electron chi connectivity index (χ0n) is 14.3. The maximum Gasteiger partial charge on any atom is 0.394 e. The highest BCUT2D eigenvalue weighted by Crippen LogP contribution is 2.25. The topological polar surface area (TPSA) is 127 Å². The van der Waals surface area contributed by atoms with E-state index < -0.39 is 17.8 Å². The molecule has 0 heterocycles. The fourth-order valence-corrected chi connectivity index (χ4v) is 2.60. The average molecular weight is 393 g/mol. The van der Waals surface area contributed by atoms with Crippen LogP contribution in [0.5, 0.6) is 5.75 Å². The molecule has 0 saturated carbocycles. The van der Waals surface area contributed by atoms with Gasteiger partial charge in [0.1, 0.15) is 5.75 Å². The van der Waals surface area contributed by atoms with Crippen molar-refractivity contribution in [3.8, 4) is 5.75 Å². The van der Waals surface area contributed by atoms with E-state index in [1.165, 1.54) is 12.1 Å². The molecule has 0 radical (unpaired) electrons. The summed E-state index contributed by atoms with van der Waals surface area (Å²) in [4.78, 5) is 35.2. The Morgan fingerprint density at radius 2 is 1.63 bits per heavy atom. The van der Waals surface area contributed by atoms with E-state index in [-0.39, 0.29) is 22.0 Å². The first kappa shape index (κ1) is 20.2. The van der Waals surface area contributed by atoms with E-state index in [0.29, 0.717) is 18.7 Å². The van der Waals surface area contributed by atoms with Crippen LogP contribution in [0.25, 0.3) is 0 Å². The number of aliphatic carboxylic acids is 1. The molecule has 0 fully saturated rings. The minimum Gasteiger partial charge on any atom is -0.506 e. The van der Waals surface area contributed by atoms with Gasteiger partial charge in [-0.2, -0.15) is 0 Å². The van der Waals surface area contributed by atoms with Gasteiger partial charge in [-0.1, -0.05) is 23.7 Å². The van der Waals surface area contributed by atoms with Crippen LogP contribution in [0.15, 0.2) is 36.4 Å². The summed E-state index contributed by atoms with van der Waals surface area (Å²) >= 11 is 5.78. The fourth-order valence-electron chi connectivity index (χ4n) is 2.49. The third-order valence-corrected chi connectivity index (χ3v) is 3.99. The molecule has 0 unspecified atom stereocenters. The van der Waals surface area contributed by atoms with Crippen LogP contribution in [0, 0.1) is 0 Å². The lowest BCUT2D eigenvalue weighted by Gasteiger charge is -2.18. The number of amides is 1. The van der Waals surface area contributed by atoms with Crippen LogP contribution in [0.2, 0.25) is 5.02 Å². The third-order valence-electron chi connectivity index (χ3n) is 3.67. The van der Waals surface area contributed by atoms with Gasteiger partial charge in [0, 0.05) is 13.1 Å². The Balaban J connectivity index is 2.14. The highest BCUT2D eigenvalue weighted by molar-refractivity contribution is 6.36. The van der Waals surface area contributed by atoms with E-state index in [0.717, 1.165) is 5.56 Å². The van der Waals surface area contributed by atoms with Crippen LogP contribution in [0.4, 0.5) is 5.69 Å². The number of aromatic hydroxyl groups is 1. The van der Waals surface area contributed by atoms with Gasteiger partial charge in [-0.05, 0) is 42.4 Å². The molecule has 9 heteroatoms. The number of anilines is 1. The monoisotopic (exact) mass is 392 g/mol. The smallest absolute Gasteiger partial charge is 0.394 e. The lowest BCUT2D eigenvalue weighted by atomic mass is 10.1. The lowest BCUT2D eigenvalue weighted by molar-refractivity contribution is -0.147. The molecule has 1 amide bonds. The van der Waals surface area contributed by atoms with E-state index >= 15 is 0 Å². The molecular formula is C18H17ClN2O6. The number of hydrogen-bond donors (Lipinski definition) is 4. The number of rotatable bonds is 6. The number of carbonyl (C=O) groups excluding carboxylic acids is 1. The van der Waals surface area contributed by atoms with Crippen LogP contribution >= 0.6 is 11.6 Å². The zero-order chi connectivity index (χ0) is 20.1. The first-order chi connectivity index (χ1) is 12.7. The Morgan fingerprint density at radius 3 is 2.19 bits per heavy atom. The molecule has 142 valence electrons. The Kier molecular flexibility index (Phi) is 6.38. The second kappa shape index (κ2) is 8.52. The number of phenols is 1. The maximum atomic E-state index is 11.4. The molecular weight excluding hydrogens is 376 g/mol. The van der Waals surface area contributed by atoms with E-state index in [1.807, 2.05) is 17.3 Å². The number of carboxylic acid groups (broad SMARTS) is 2. The highest BCUT2D eigenvalue weighted by atomic mass is 35.5. The Hall–Kier alpha value is -3.10. The minimum absolute atomic E-state index is 0.0192. The van der Waals surface area contributed by atoms with E-state index in [4.69, 9.17) is 16.7 Å². The van der Waals surface area contributed by atoms with Gasteiger partial charge in [-0.15, -0.1) is 0 Å². The third kappa shape index (κ3) is 5.44. The SMILES string of the molecule is CN(Cc1ccc(Cl)c(O)c1)Cc1ccc(NC(=O)C(=O)O)c(C(=O)O)c1. The second-order valence-electron chi connectivity index (χ2n) is 5.90. The molecule has 0 bridgehead atoms. The summed E-state index contributed by atoms with van der Waals surface area (Å²) in [6, 6.07) is 9.22. The number of phenolic OH excluding ortho intramolecular Hbond substituents is 1. The van der Waals surface area contributed by atoms with Crippen LogP contribution in [0.3, 0.4) is 0 Å². The molecule has 2 aromatic rings. The van der Waals surface area contributed by atoms with Gasteiger partial charge < -0.3 is 20.6 Å². The minimum atomic E-state index is -1.71. The Labute approximate surface area is 159 Å². The molecule has 0 saturated heterocycles. The summed E-state index contributed by atoms with van der Waals surface area (Å²) in [5.74, 6) is -4.33. The quantitative estimate of drug-likeness (QED) is 0.556. The molecule has 0 aromatic heterocycles. The molecule has 0 atom stereocenters. The standard InChI is InChI=1S/C18H17ClN2O6/c1-21(9-11-2-4-13(19)15(22)7-11)8-10-3-5-14(12(6-10)17(24)25)20-16(23)18(26)27/h2-7,22H,8-9H2,1H3,(H,20,23)(H,24,25)(H,26,27). The van der Waals surface area contributed by atoms with Crippen LogP contribution < -0.4 is 5.32 Å². The number of carbonyl (C=O) groups is 3. The summed E-state index contributed by atoms with van der Waals surface area (Å²) in [5, 5.41) is 29.9. The molecule has 4 N–H and O–H groups in total. The average Bonchev–Trinajstić information content (AvgIpc) is 2.59. The van der Waals surface area contributed by atoms with Crippen molar-refractivity contribution in [2.45, 2.75) is 13.1 Å². The summed E-state index contributed by atoms with van der Waals surface area (Å²) in [6.07, 6.45) is 0. The van der Waals surface area contributed by atoms with Gasteiger partial charge in [0.25, 0.3) is 0 Å². The molecule has 2 aromatic carbocycles. The normalized spacial score (nSPS) is 10.6. The molecule has 0 aliphatic carbocycles. The van der Waals surface area contributed by atoms with Gasteiger partial charge in [0.15, 0.2) is 0 Å². The first-order valence-corrected chi connectivity index (χ1v) is 8.11. The molecule has 27 heavy (non-hydrogen) atoms. The van der Waals surface area contributed by atoms with Crippen molar-refractivity contribution in [3.05, 3.63) is 58.1 Å². The Morgan fingerprint density at radius 1 is 1.04 bits per heavy atom. The summed E-state index contributed by atoms with van der Waals surface area (Å²) in [7, 11) is 1.81. The van der Waals surface area contributed by atoms with E-state index in [2.05, 4.69) is 0 Å². The van der Waals surface area contributed by atoms with Crippen molar-refractivity contribution in [2.24, 2.45) is 0 Å². The molecule has 8 nitrogen and oxygen atoms in total. The number of nitrogens with zero attached hydrogens (tertiary/aromatic N) is 1. The molecule has 0 aliphatic rings. The number of nitrogens with one attached hydrogen (secondary N) is 1. The van der Waals surface area contributed by atoms with Gasteiger partial charge in [-0.3, -0.25) is 9.69 Å². The Bertz CT molecular complexity index is 899. The van der Waals surface area contributed by atoms with Crippen LogP contribution in [-0.4, -0.2) is 45.1 Å². The van der Waals surface area contributed by atoms with Crippen molar-refractivity contribution >= 4 is 35.1 Å². The number of hydrogen-bond acceptors (Lipinski definition) is 5. The predicted molar refractivity (Wildman–Crippen MR) is 98.0 cm³/mol. The largest absolute Gasteiger partial charge is 0.506 e. The number of aromatic carboxylic acids is 1. The van der Waals surface area contributed by atoms with Gasteiger partial charge in [0.2, 0.25) is 0 Å². The molecule has 0 aliphatic heterocycles. The second-order valence-corrected chi connectivity index (χ2v) is 6.31. The van der Waals surface area contributed by atoms with Crippen molar-refractivity contribution in [1.29, 1.82) is 0 Å². The van der Waals surface area contributed by atoms with Gasteiger partial charge >= 0.3 is 17.8 Å².